The molecule has 6 nitrogen and oxygen atoms in total. The van der Waals surface area contributed by atoms with Crippen molar-refractivity contribution in [1.29, 1.82) is 0 Å². The molecule has 0 saturated carbocycles. The molecule has 6 heteroatoms. The van der Waals surface area contributed by atoms with Crippen LogP contribution in [0.3, 0.4) is 0 Å². The van der Waals surface area contributed by atoms with Gasteiger partial charge < -0.3 is 19.5 Å². The number of nitrogens with one attached hydrogen (secondary N) is 1. The Morgan fingerprint density at radius 3 is 2.42 bits per heavy atom. The van der Waals surface area contributed by atoms with Crippen LogP contribution in [0.15, 0.2) is 12.1 Å². The van der Waals surface area contributed by atoms with Gasteiger partial charge in [-0.2, -0.15) is 0 Å². The van der Waals surface area contributed by atoms with Crippen molar-refractivity contribution < 1.29 is 19.0 Å². The predicted octanol–water partition coefficient (Wildman–Crippen LogP) is 2.06. The number of carbonyl (C=O) groups excluding carboxylic acids is 1. The van der Waals surface area contributed by atoms with E-state index in [0.717, 1.165) is 18.7 Å². The van der Waals surface area contributed by atoms with Crippen LogP contribution >= 0.6 is 0 Å². The molecule has 1 aliphatic rings. The van der Waals surface area contributed by atoms with Crippen LogP contribution in [-0.4, -0.2) is 51.8 Å². The third-order valence-electron chi connectivity index (χ3n) is 4.32. The van der Waals surface area contributed by atoms with E-state index in [1.165, 1.54) is 12.8 Å². The van der Waals surface area contributed by atoms with Crippen LogP contribution in [0.2, 0.25) is 0 Å². The summed E-state index contributed by atoms with van der Waals surface area (Å²) >= 11 is 0. The van der Waals surface area contributed by atoms with Crippen LogP contribution in [0.1, 0.15) is 25.3 Å². The van der Waals surface area contributed by atoms with E-state index in [1.54, 1.807) is 21.3 Å². The number of hydrogen-bond acceptors (Lipinski definition) is 5. The normalized spacial score (nSPS) is 18.1. The van der Waals surface area contributed by atoms with Crippen molar-refractivity contribution in [2.75, 3.05) is 41.0 Å². The lowest BCUT2D eigenvalue weighted by molar-refractivity contribution is -0.122. The molecule has 1 atom stereocenters. The van der Waals surface area contributed by atoms with Crippen LogP contribution in [-0.2, 0) is 11.3 Å². The molecule has 0 bridgehead atoms. The summed E-state index contributed by atoms with van der Waals surface area (Å²) in [6.45, 7) is 5.12. The molecule has 1 aromatic rings. The van der Waals surface area contributed by atoms with Crippen LogP contribution in [0.4, 0.5) is 0 Å². The van der Waals surface area contributed by atoms with Crippen molar-refractivity contribution in [2.45, 2.75) is 26.3 Å². The zero-order valence-corrected chi connectivity index (χ0v) is 15.1. The Kier molecular flexibility index (Phi) is 6.73. The number of hydrogen-bond donors (Lipinski definition) is 1. The highest BCUT2D eigenvalue weighted by Crippen LogP contribution is 2.38. The Hall–Kier alpha value is -1.95. The average Bonchev–Trinajstić information content (AvgIpc) is 2.58. The number of nitrogens with zero attached hydrogens (tertiary/aromatic N) is 1. The van der Waals surface area contributed by atoms with Gasteiger partial charge in [0.25, 0.3) is 0 Å². The van der Waals surface area contributed by atoms with Crippen LogP contribution in [0.25, 0.3) is 0 Å². The average molecular weight is 336 g/mol. The minimum Gasteiger partial charge on any atom is -0.493 e. The molecule has 1 aliphatic heterocycles. The van der Waals surface area contributed by atoms with Crippen LogP contribution in [0.5, 0.6) is 17.2 Å². The summed E-state index contributed by atoms with van der Waals surface area (Å²) in [6.07, 6.45) is 2.42. The van der Waals surface area contributed by atoms with E-state index in [-0.39, 0.29) is 5.91 Å². The fraction of sp³-hybridized carbons (Fsp3) is 0.611. The Labute approximate surface area is 144 Å². The fourth-order valence-corrected chi connectivity index (χ4v) is 3.13. The smallest absolute Gasteiger partial charge is 0.234 e. The first-order valence-corrected chi connectivity index (χ1v) is 8.35. The van der Waals surface area contributed by atoms with E-state index in [1.807, 2.05) is 12.1 Å². The minimum atomic E-state index is 0.0397. The first kappa shape index (κ1) is 18.4. The molecule has 0 radical (unpaired) electrons. The van der Waals surface area contributed by atoms with E-state index in [0.29, 0.717) is 36.3 Å². The maximum absolute atomic E-state index is 12.2. The highest BCUT2D eigenvalue weighted by molar-refractivity contribution is 5.78. The molecule has 0 aromatic heterocycles. The van der Waals surface area contributed by atoms with Crippen molar-refractivity contribution in [3.63, 3.8) is 0 Å². The molecule has 134 valence electrons. The van der Waals surface area contributed by atoms with Crippen molar-refractivity contribution in [3.8, 4) is 17.2 Å². The van der Waals surface area contributed by atoms with E-state index in [4.69, 9.17) is 14.2 Å². The number of benzene rings is 1. The van der Waals surface area contributed by atoms with Gasteiger partial charge in [0, 0.05) is 13.1 Å². The summed E-state index contributed by atoms with van der Waals surface area (Å²) in [7, 11) is 4.73. The van der Waals surface area contributed by atoms with Gasteiger partial charge in [-0.1, -0.05) is 6.92 Å². The predicted molar refractivity (Wildman–Crippen MR) is 92.8 cm³/mol. The molecule has 1 amide bonds. The van der Waals surface area contributed by atoms with E-state index >= 15 is 0 Å². The second-order valence-corrected chi connectivity index (χ2v) is 6.29. The third kappa shape index (κ3) is 4.77. The standard InChI is InChI=1S/C18H28N2O4/c1-13-6-5-7-20(11-13)12-17(21)19-10-14-8-15(22-2)18(24-4)16(9-14)23-3/h8-9,13H,5-7,10-12H2,1-4H3,(H,19,21)/t13-/m0/s1. The molecule has 24 heavy (non-hydrogen) atoms. The maximum Gasteiger partial charge on any atom is 0.234 e. The monoisotopic (exact) mass is 336 g/mol. The first-order chi connectivity index (χ1) is 11.6. The Morgan fingerprint density at radius 2 is 1.88 bits per heavy atom. The van der Waals surface area contributed by atoms with Crippen molar-refractivity contribution >= 4 is 5.91 Å². The van der Waals surface area contributed by atoms with Crippen molar-refractivity contribution in [2.24, 2.45) is 5.92 Å². The SMILES string of the molecule is COc1cc(CNC(=O)CN2CCC[C@H](C)C2)cc(OC)c1OC. The summed E-state index contributed by atoms with van der Waals surface area (Å²) < 4.78 is 16.0. The Bertz CT molecular complexity index is 537. The number of piperidine rings is 1. The van der Waals surface area contributed by atoms with Gasteiger partial charge in [0.2, 0.25) is 11.7 Å². The second-order valence-electron chi connectivity index (χ2n) is 6.29. The third-order valence-corrected chi connectivity index (χ3v) is 4.32. The highest BCUT2D eigenvalue weighted by atomic mass is 16.5. The molecule has 1 N–H and O–H groups in total. The molecular formula is C18H28N2O4. The molecule has 0 spiro atoms. The van der Waals surface area contributed by atoms with Gasteiger partial charge in [-0.05, 0) is 43.0 Å². The molecule has 0 aliphatic carbocycles. The number of likely N-dealkylation sites (tertiary alicyclic amines) is 1. The zero-order valence-electron chi connectivity index (χ0n) is 15.1. The number of rotatable bonds is 7. The van der Waals surface area contributed by atoms with Crippen LogP contribution < -0.4 is 19.5 Å². The lowest BCUT2D eigenvalue weighted by Crippen LogP contribution is -2.41. The summed E-state index contributed by atoms with van der Waals surface area (Å²) in [5, 5.41) is 2.97. The van der Waals surface area contributed by atoms with Gasteiger partial charge in [0.05, 0.1) is 27.9 Å². The summed E-state index contributed by atoms with van der Waals surface area (Å²) in [5.74, 6) is 2.44. The summed E-state index contributed by atoms with van der Waals surface area (Å²) in [4.78, 5) is 14.4. The van der Waals surface area contributed by atoms with E-state index in [9.17, 15) is 4.79 Å². The zero-order chi connectivity index (χ0) is 17.5. The van der Waals surface area contributed by atoms with E-state index < -0.39 is 0 Å². The van der Waals surface area contributed by atoms with Gasteiger partial charge in [0.1, 0.15) is 0 Å². The van der Waals surface area contributed by atoms with Gasteiger partial charge in [-0.25, -0.2) is 0 Å². The topological polar surface area (TPSA) is 60.0 Å². The molecule has 1 aromatic carbocycles. The Balaban J connectivity index is 1.94. The van der Waals surface area contributed by atoms with E-state index in [2.05, 4.69) is 17.1 Å². The first-order valence-electron chi connectivity index (χ1n) is 8.35. The van der Waals surface area contributed by atoms with Gasteiger partial charge in [-0.15, -0.1) is 0 Å². The lowest BCUT2D eigenvalue weighted by Gasteiger charge is -2.30. The number of methoxy groups -OCH3 is 3. The number of amides is 1. The molecule has 2 rings (SSSR count). The van der Waals surface area contributed by atoms with Crippen molar-refractivity contribution in [3.05, 3.63) is 17.7 Å². The fourth-order valence-electron chi connectivity index (χ4n) is 3.13. The molecule has 0 unspecified atom stereocenters. The maximum atomic E-state index is 12.2. The van der Waals surface area contributed by atoms with Crippen molar-refractivity contribution in [1.82, 2.24) is 10.2 Å². The quantitative estimate of drug-likeness (QED) is 0.826. The molecule has 1 fully saturated rings. The molecule has 1 saturated heterocycles. The minimum absolute atomic E-state index is 0.0397. The largest absolute Gasteiger partial charge is 0.493 e. The van der Waals surface area contributed by atoms with Gasteiger partial charge >= 0.3 is 0 Å². The number of ether oxygens (including phenoxy) is 3. The van der Waals surface area contributed by atoms with Crippen LogP contribution in [0, 0.1) is 5.92 Å². The molecule has 1 heterocycles. The second kappa shape index (κ2) is 8.78. The summed E-state index contributed by atoms with van der Waals surface area (Å²) in [5.41, 5.74) is 0.907. The summed E-state index contributed by atoms with van der Waals surface area (Å²) in [6, 6.07) is 3.70. The van der Waals surface area contributed by atoms with Gasteiger partial charge in [-0.3, -0.25) is 9.69 Å². The van der Waals surface area contributed by atoms with Gasteiger partial charge in [0.15, 0.2) is 11.5 Å². The lowest BCUT2D eigenvalue weighted by atomic mass is 10.0. The highest BCUT2D eigenvalue weighted by Gasteiger charge is 2.19. The molecular weight excluding hydrogens is 308 g/mol. The number of carbonyl (C=O) groups is 1. The Morgan fingerprint density at radius 1 is 1.21 bits per heavy atom.